The van der Waals surface area contributed by atoms with Crippen LogP contribution in [0.1, 0.15) is 55.2 Å². The molecule has 1 saturated carbocycles. The molecule has 0 spiro atoms. The van der Waals surface area contributed by atoms with E-state index in [0.717, 1.165) is 42.4 Å². The fourth-order valence-corrected chi connectivity index (χ4v) is 5.83. The van der Waals surface area contributed by atoms with Crippen LogP contribution in [0.5, 0.6) is 11.5 Å². The van der Waals surface area contributed by atoms with Crippen LogP contribution in [0.15, 0.2) is 66.7 Å². The summed E-state index contributed by atoms with van der Waals surface area (Å²) in [6.07, 6.45) is 6.39. The number of methoxy groups -OCH3 is 2. The smallest absolute Gasteiger partial charge is 0.243 e. The predicted octanol–water partition coefficient (Wildman–Crippen LogP) is 7.03. The SMILES string of the molecule is COc1ccc(CCC(=O)N(Cc2ccc(Cl)cc2Cl)C(Cc2ccccc2)C(=O)NC2CCCCC2)cc1OC. The third kappa shape index (κ3) is 8.64. The monoisotopic (exact) mass is 596 g/mol. The van der Waals surface area contributed by atoms with E-state index in [2.05, 4.69) is 5.32 Å². The topological polar surface area (TPSA) is 67.9 Å². The summed E-state index contributed by atoms with van der Waals surface area (Å²) in [5.74, 6) is 0.968. The van der Waals surface area contributed by atoms with Crippen LogP contribution >= 0.6 is 23.2 Å². The van der Waals surface area contributed by atoms with Crippen LogP contribution in [-0.2, 0) is 29.0 Å². The lowest BCUT2D eigenvalue weighted by molar-refractivity contribution is -0.141. The lowest BCUT2D eigenvalue weighted by atomic mass is 9.94. The van der Waals surface area contributed by atoms with Crippen molar-refractivity contribution in [2.75, 3.05) is 14.2 Å². The number of halogens is 2. The van der Waals surface area contributed by atoms with E-state index < -0.39 is 6.04 Å². The molecule has 0 aliphatic heterocycles. The zero-order valence-electron chi connectivity index (χ0n) is 23.7. The second-order valence-corrected chi connectivity index (χ2v) is 11.3. The van der Waals surface area contributed by atoms with Gasteiger partial charge in [0.25, 0.3) is 0 Å². The largest absolute Gasteiger partial charge is 0.493 e. The van der Waals surface area contributed by atoms with Crippen molar-refractivity contribution in [3.8, 4) is 11.5 Å². The first-order valence-electron chi connectivity index (χ1n) is 14.2. The fraction of sp³-hybridized carbons (Fsp3) is 0.394. The Bertz CT molecular complexity index is 1310. The number of hydrogen-bond acceptors (Lipinski definition) is 4. The molecular formula is C33H38Cl2N2O4. The van der Waals surface area contributed by atoms with Gasteiger partial charge in [-0.2, -0.15) is 0 Å². The van der Waals surface area contributed by atoms with E-state index in [1.54, 1.807) is 31.3 Å². The molecule has 1 atom stereocenters. The number of carbonyl (C=O) groups is 2. The van der Waals surface area contributed by atoms with Gasteiger partial charge in [0, 0.05) is 35.5 Å². The molecule has 1 aliphatic rings. The van der Waals surface area contributed by atoms with Crippen molar-refractivity contribution in [1.82, 2.24) is 10.2 Å². The first-order valence-corrected chi connectivity index (χ1v) is 14.9. The van der Waals surface area contributed by atoms with Crippen LogP contribution in [0.2, 0.25) is 10.0 Å². The molecule has 0 heterocycles. The molecule has 0 aromatic heterocycles. The average Bonchev–Trinajstić information content (AvgIpc) is 2.99. The van der Waals surface area contributed by atoms with E-state index in [-0.39, 0.29) is 30.8 Å². The molecule has 4 rings (SSSR count). The lowest BCUT2D eigenvalue weighted by Gasteiger charge is -2.34. The zero-order valence-corrected chi connectivity index (χ0v) is 25.2. The van der Waals surface area contributed by atoms with Crippen molar-refractivity contribution in [2.24, 2.45) is 0 Å². The number of nitrogens with zero attached hydrogens (tertiary/aromatic N) is 1. The third-order valence-corrected chi connectivity index (χ3v) is 8.24. The minimum absolute atomic E-state index is 0.123. The van der Waals surface area contributed by atoms with Gasteiger partial charge in [-0.25, -0.2) is 0 Å². The number of amides is 2. The highest BCUT2D eigenvalue weighted by atomic mass is 35.5. The minimum Gasteiger partial charge on any atom is -0.493 e. The molecule has 1 fully saturated rings. The Hall–Kier alpha value is -3.22. The highest BCUT2D eigenvalue weighted by Crippen LogP contribution is 2.29. The molecule has 1 N–H and O–H groups in total. The summed E-state index contributed by atoms with van der Waals surface area (Å²) in [6.45, 7) is 0.191. The summed E-state index contributed by atoms with van der Waals surface area (Å²) in [5.41, 5.74) is 2.65. The van der Waals surface area contributed by atoms with Gasteiger partial charge < -0.3 is 19.7 Å². The molecule has 0 bridgehead atoms. The fourth-order valence-electron chi connectivity index (χ4n) is 5.36. The van der Waals surface area contributed by atoms with Crippen molar-refractivity contribution in [1.29, 1.82) is 0 Å². The van der Waals surface area contributed by atoms with Crippen molar-refractivity contribution in [3.05, 3.63) is 93.5 Å². The Kier molecular flexibility index (Phi) is 11.3. The summed E-state index contributed by atoms with van der Waals surface area (Å²) in [5, 5.41) is 4.24. The van der Waals surface area contributed by atoms with Crippen LogP contribution in [-0.4, -0.2) is 43.0 Å². The van der Waals surface area contributed by atoms with Crippen LogP contribution < -0.4 is 14.8 Å². The van der Waals surface area contributed by atoms with Gasteiger partial charge in [-0.1, -0.05) is 84.9 Å². The molecule has 8 heteroatoms. The summed E-state index contributed by atoms with van der Waals surface area (Å²) in [7, 11) is 3.18. The maximum Gasteiger partial charge on any atom is 0.243 e. The molecule has 6 nitrogen and oxygen atoms in total. The summed E-state index contributed by atoms with van der Waals surface area (Å²) in [6, 6.07) is 20.1. The van der Waals surface area contributed by atoms with Gasteiger partial charge in [0.2, 0.25) is 11.8 Å². The summed E-state index contributed by atoms with van der Waals surface area (Å²) >= 11 is 12.7. The normalized spacial score (nSPS) is 14.2. The van der Waals surface area contributed by atoms with Crippen molar-refractivity contribution in [2.45, 2.75) is 70.0 Å². The Labute approximate surface area is 252 Å². The van der Waals surface area contributed by atoms with Crippen LogP contribution in [0.3, 0.4) is 0 Å². The van der Waals surface area contributed by atoms with Gasteiger partial charge in [0.1, 0.15) is 6.04 Å². The minimum atomic E-state index is -0.705. The first-order chi connectivity index (χ1) is 19.9. The Morgan fingerprint density at radius 3 is 2.32 bits per heavy atom. The molecule has 1 unspecified atom stereocenters. The molecule has 218 valence electrons. The number of rotatable bonds is 12. The number of aryl methyl sites for hydroxylation is 1. The lowest BCUT2D eigenvalue weighted by Crippen LogP contribution is -2.53. The van der Waals surface area contributed by atoms with E-state index in [1.165, 1.54) is 6.42 Å². The van der Waals surface area contributed by atoms with Gasteiger partial charge in [-0.05, 0) is 60.2 Å². The molecule has 2 amide bonds. The van der Waals surface area contributed by atoms with E-state index in [9.17, 15) is 9.59 Å². The molecule has 3 aromatic rings. The Balaban J connectivity index is 1.63. The maximum atomic E-state index is 14.0. The number of carbonyl (C=O) groups excluding carboxylic acids is 2. The third-order valence-electron chi connectivity index (χ3n) is 7.65. The molecule has 0 saturated heterocycles. The first kappa shape index (κ1) is 30.7. The Morgan fingerprint density at radius 1 is 0.902 bits per heavy atom. The zero-order chi connectivity index (χ0) is 29.2. The van der Waals surface area contributed by atoms with Gasteiger partial charge in [-0.3, -0.25) is 9.59 Å². The number of ether oxygens (including phenoxy) is 2. The highest BCUT2D eigenvalue weighted by Gasteiger charge is 2.32. The second kappa shape index (κ2) is 15.1. The average molecular weight is 598 g/mol. The van der Waals surface area contributed by atoms with E-state index in [1.807, 2.05) is 54.6 Å². The number of hydrogen-bond donors (Lipinski definition) is 1. The van der Waals surface area contributed by atoms with Crippen molar-refractivity contribution < 1.29 is 19.1 Å². The van der Waals surface area contributed by atoms with Crippen LogP contribution in [0.25, 0.3) is 0 Å². The highest BCUT2D eigenvalue weighted by molar-refractivity contribution is 6.35. The Morgan fingerprint density at radius 2 is 1.63 bits per heavy atom. The van der Waals surface area contributed by atoms with Crippen molar-refractivity contribution >= 4 is 35.0 Å². The molecule has 3 aromatic carbocycles. The molecule has 0 radical (unpaired) electrons. The van der Waals surface area contributed by atoms with Gasteiger partial charge in [-0.15, -0.1) is 0 Å². The van der Waals surface area contributed by atoms with Crippen molar-refractivity contribution in [3.63, 3.8) is 0 Å². The van der Waals surface area contributed by atoms with Crippen LogP contribution in [0, 0.1) is 0 Å². The summed E-state index contributed by atoms with van der Waals surface area (Å²) in [4.78, 5) is 29.6. The predicted molar refractivity (Wildman–Crippen MR) is 164 cm³/mol. The van der Waals surface area contributed by atoms with Gasteiger partial charge in [0.15, 0.2) is 11.5 Å². The van der Waals surface area contributed by atoms with E-state index in [0.29, 0.717) is 34.4 Å². The van der Waals surface area contributed by atoms with Crippen LogP contribution in [0.4, 0.5) is 0 Å². The van der Waals surface area contributed by atoms with Gasteiger partial charge in [0.05, 0.1) is 14.2 Å². The number of benzene rings is 3. The van der Waals surface area contributed by atoms with E-state index >= 15 is 0 Å². The molecule has 41 heavy (non-hydrogen) atoms. The molecular weight excluding hydrogens is 559 g/mol. The number of nitrogens with one attached hydrogen (secondary N) is 1. The quantitative estimate of drug-likeness (QED) is 0.244. The van der Waals surface area contributed by atoms with E-state index in [4.69, 9.17) is 32.7 Å². The summed E-state index contributed by atoms with van der Waals surface area (Å²) < 4.78 is 10.8. The van der Waals surface area contributed by atoms with Gasteiger partial charge >= 0.3 is 0 Å². The maximum absolute atomic E-state index is 14.0. The standard InChI is InChI=1S/C33H38Cl2N2O4/c1-40-30-17-13-24(20-31(30)41-2)14-18-32(38)37(22-25-15-16-26(34)21-28(25)35)29(19-23-9-5-3-6-10-23)33(39)36-27-11-7-4-8-12-27/h3,5-6,9-10,13,15-17,20-21,27,29H,4,7-8,11-12,14,18-19,22H2,1-2H3,(H,36,39). The second-order valence-electron chi connectivity index (χ2n) is 10.5. The molecule has 1 aliphatic carbocycles.